The first kappa shape index (κ1) is 31.1. The van der Waals surface area contributed by atoms with E-state index in [0.29, 0.717) is 35.1 Å². The van der Waals surface area contributed by atoms with Gasteiger partial charge in [-0.25, -0.2) is 14.6 Å². The number of anilines is 2. The van der Waals surface area contributed by atoms with Crippen molar-refractivity contribution in [2.75, 3.05) is 37.6 Å². The number of hydrogen-bond acceptors (Lipinski definition) is 8. The minimum atomic E-state index is -1.30. The summed E-state index contributed by atoms with van der Waals surface area (Å²) in [6, 6.07) is 5.40. The van der Waals surface area contributed by atoms with Crippen molar-refractivity contribution in [2.45, 2.75) is 71.3 Å². The van der Waals surface area contributed by atoms with Gasteiger partial charge in [0.25, 0.3) is 0 Å². The van der Waals surface area contributed by atoms with E-state index in [0.717, 1.165) is 6.04 Å². The van der Waals surface area contributed by atoms with E-state index in [9.17, 15) is 14.4 Å². The van der Waals surface area contributed by atoms with Gasteiger partial charge in [0, 0.05) is 32.1 Å². The fourth-order valence-electron chi connectivity index (χ4n) is 3.81. The molecule has 0 unspecified atom stereocenters. The molecule has 3 N–H and O–H groups in total. The number of benzene rings is 1. The molecule has 40 heavy (non-hydrogen) atoms. The Morgan fingerprint density at radius 2 is 1.98 bits per heavy atom. The Morgan fingerprint density at radius 3 is 2.65 bits per heavy atom. The lowest BCUT2D eigenvalue weighted by Gasteiger charge is -2.24. The van der Waals surface area contributed by atoms with Crippen molar-refractivity contribution in [3.8, 4) is 11.3 Å². The van der Waals surface area contributed by atoms with Gasteiger partial charge < -0.3 is 34.1 Å². The normalized spacial score (nSPS) is 16.1. The van der Waals surface area contributed by atoms with Crippen molar-refractivity contribution in [2.24, 2.45) is 0 Å². The van der Waals surface area contributed by atoms with Crippen LogP contribution in [0.25, 0.3) is 11.3 Å². The third kappa shape index (κ3) is 9.64. The minimum Gasteiger partial charge on any atom is -0.453 e. The molecule has 0 spiro atoms. The van der Waals surface area contributed by atoms with Gasteiger partial charge in [-0.1, -0.05) is 19.6 Å². The number of amides is 3. The molecule has 2 bridgehead atoms. The van der Waals surface area contributed by atoms with Crippen molar-refractivity contribution < 1.29 is 33.3 Å². The first-order chi connectivity index (χ1) is 18.7. The number of nitrogens with one attached hydrogen (secondary N) is 3. The molecule has 2 heterocycles. The van der Waals surface area contributed by atoms with Gasteiger partial charge in [0.2, 0.25) is 5.91 Å². The van der Waals surface area contributed by atoms with Crippen LogP contribution in [0.5, 0.6) is 0 Å². The van der Waals surface area contributed by atoms with Crippen LogP contribution in [0.2, 0.25) is 25.7 Å². The summed E-state index contributed by atoms with van der Waals surface area (Å²) >= 11 is 0. The van der Waals surface area contributed by atoms with Crippen LogP contribution < -0.4 is 16.0 Å². The fraction of sp³-hybridized carbons (Fsp3) is 0.556. The minimum absolute atomic E-state index is 0.0761. The summed E-state index contributed by atoms with van der Waals surface area (Å²) in [7, 11) is -0.0247. The first-order valence-corrected chi connectivity index (χ1v) is 17.0. The molecule has 1 aliphatic rings. The summed E-state index contributed by atoms with van der Waals surface area (Å²) in [4.78, 5) is 42.1. The number of rotatable bonds is 7. The summed E-state index contributed by atoms with van der Waals surface area (Å²) in [5.74, 6) is 0.242. The highest BCUT2D eigenvalue weighted by Gasteiger charge is 2.27. The van der Waals surface area contributed by atoms with E-state index in [-0.39, 0.29) is 32.3 Å². The Balaban J connectivity index is 2.03. The standard InChI is InChI=1S/C27H41N5O7Si/c1-27(2,3)39-26(35)31-22-16-37-11-10-23(33)29-20-14-18(28-25(34)36-4)8-9-19(20)21-15-32(24(22)30-21)17-38-12-13-40(5,6)7/h8-9,14-15,22H,10-13,16-17H2,1-7H3,(H,28,34)(H,29,33)(H,31,35)/t22-/m0/s1. The van der Waals surface area contributed by atoms with Crippen molar-refractivity contribution in [3.63, 3.8) is 0 Å². The molecule has 0 aliphatic carbocycles. The Hall–Kier alpha value is -3.42. The van der Waals surface area contributed by atoms with Crippen molar-refractivity contribution in [1.82, 2.24) is 14.9 Å². The Bertz CT molecular complexity index is 1200. The molecule has 12 nitrogen and oxygen atoms in total. The maximum atomic E-state index is 12.7. The van der Waals surface area contributed by atoms with Crippen LogP contribution in [0.3, 0.4) is 0 Å². The molecule has 0 saturated carbocycles. The number of aromatic nitrogens is 2. The molecule has 0 saturated heterocycles. The van der Waals surface area contributed by atoms with Gasteiger partial charge in [-0.3, -0.25) is 10.1 Å². The average molecular weight is 576 g/mol. The van der Waals surface area contributed by atoms with E-state index in [1.165, 1.54) is 7.11 Å². The summed E-state index contributed by atoms with van der Waals surface area (Å²) < 4.78 is 23.8. The molecule has 1 aromatic heterocycles. The third-order valence-electron chi connectivity index (χ3n) is 5.80. The van der Waals surface area contributed by atoms with Crippen molar-refractivity contribution >= 4 is 37.5 Å². The van der Waals surface area contributed by atoms with E-state index in [1.807, 2.05) is 10.8 Å². The monoisotopic (exact) mass is 575 g/mol. The summed E-state index contributed by atoms with van der Waals surface area (Å²) in [6.45, 7) is 13.2. The molecule has 0 fully saturated rings. The number of methoxy groups -OCH3 is 1. The van der Waals surface area contributed by atoms with Gasteiger partial charge in [0.15, 0.2) is 0 Å². The molecule has 2 aromatic rings. The van der Waals surface area contributed by atoms with Gasteiger partial charge in [-0.15, -0.1) is 0 Å². The Kier molecular flexibility index (Phi) is 10.3. The number of ether oxygens (including phenoxy) is 4. The van der Waals surface area contributed by atoms with Crippen LogP contribution in [0.1, 0.15) is 39.1 Å². The van der Waals surface area contributed by atoms with Gasteiger partial charge in [0.05, 0.1) is 38.1 Å². The van der Waals surface area contributed by atoms with E-state index in [4.69, 9.17) is 19.2 Å². The van der Waals surface area contributed by atoms with Crippen LogP contribution in [0.15, 0.2) is 24.4 Å². The molecule has 1 atom stereocenters. The van der Waals surface area contributed by atoms with Gasteiger partial charge in [-0.2, -0.15) is 0 Å². The van der Waals surface area contributed by atoms with Crippen molar-refractivity contribution in [1.29, 1.82) is 0 Å². The van der Waals surface area contributed by atoms with Crippen LogP contribution in [-0.4, -0.2) is 68.3 Å². The molecule has 3 amide bonds. The number of carbonyl (C=O) groups is 3. The molecule has 220 valence electrons. The van der Waals surface area contributed by atoms with Crippen LogP contribution in [0.4, 0.5) is 21.0 Å². The lowest BCUT2D eigenvalue weighted by atomic mass is 10.1. The van der Waals surface area contributed by atoms with E-state index >= 15 is 0 Å². The van der Waals surface area contributed by atoms with E-state index in [2.05, 4.69) is 40.3 Å². The maximum absolute atomic E-state index is 12.7. The zero-order valence-electron chi connectivity index (χ0n) is 24.4. The summed E-state index contributed by atoms with van der Waals surface area (Å²) in [5, 5.41) is 8.37. The SMILES string of the molecule is COC(=O)Nc1ccc2c(c1)NC(=O)CCOC[C@H](NC(=O)OC(C)(C)C)c1nc-2cn1COCC[Si](C)(C)C. The largest absolute Gasteiger partial charge is 0.453 e. The molecule has 3 rings (SSSR count). The molecular weight excluding hydrogens is 534 g/mol. The summed E-state index contributed by atoms with van der Waals surface area (Å²) in [6.07, 6.45) is 0.651. The highest BCUT2D eigenvalue weighted by atomic mass is 28.3. The Morgan fingerprint density at radius 1 is 1.23 bits per heavy atom. The average Bonchev–Trinajstić information content (AvgIpc) is 3.25. The van der Waals surface area contributed by atoms with Crippen LogP contribution >= 0.6 is 0 Å². The molecule has 1 aliphatic heterocycles. The lowest BCUT2D eigenvalue weighted by molar-refractivity contribution is -0.117. The van der Waals surface area contributed by atoms with Gasteiger partial charge in [-0.05, 0) is 45.0 Å². The molecular formula is C27H41N5O7Si. The molecule has 0 radical (unpaired) electrons. The first-order valence-electron chi connectivity index (χ1n) is 13.3. The summed E-state index contributed by atoms with van der Waals surface area (Å²) in [5.41, 5.74) is 1.37. The molecule has 1 aromatic carbocycles. The predicted octanol–water partition coefficient (Wildman–Crippen LogP) is 4.97. The fourth-order valence-corrected chi connectivity index (χ4v) is 4.57. The third-order valence-corrected chi connectivity index (χ3v) is 7.50. The second-order valence-corrected chi connectivity index (χ2v) is 17.4. The zero-order valence-corrected chi connectivity index (χ0v) is 25.4. The Labute approximate surface area is 236 Å². The topological polar surface area (TPSA) is 142 Å². The molecule has 13 heteroatoms. The number of alkyl carbamates (subject to hydrolysis) is 1. The number of hydrogen-bond donors (Lipinski definition) is 3. The highest BCUT2D eigenvalue weighted by molar-refractivity contribution is 6.76. The second kappa shape index (κ2) is 13.3. The smallest absolute Gasteiger partial charge is 0.411 e. The van der Waals surface area contributed by atoms with Crippen LogP contribution in [0, 0.1) is 0 Å². The van der Waals surface area contributed by atoms with Gasteiger partial charge >= 0.3 is 12.2 Å². The second-order valence-electron chi connectivity index (χ2n) is 11.8. The number of imidazole rings is 1. The van der Waals surface area contributed by atoms with Crippen molar-refractivity contribution in [3.05, 3.63) is 30.2 Å². The predicted molar refractivity (Wildman–Crippen MR) is 154 cm³/mol. The highest BCUT2D eigenvalue weighted by Crippen LogP contribution is 2.32. The number of fused-ring (bicyclic) bond motifs is 4. The van der Waals surface area contributed by atoms with E-state index < -0.39 is 31.9 Å². The maximum Gasteiger partial charge on any atom is 0.411 e. The number of carbonyl (C=O) groups excluding carboxylic acids is 3. The van der Waals surface area contributed by atoms with Gasteiger partial charge in [0.1, 0.15) is 24.2 Å². The zero-order chi connectivity index (χ0) is 29.5. The van der Waals surface area contributed by atoms with Crippen LogP contribution in [-0.2, 0) is 30.5 Å². The van der Waals surface area contributed by atoms with E-state index in [1.54, 1.807) is 39.0 Å². The lowest BCUT2D eigenvalue weighted by Crippen LogP contribution is -2.38. The number of nitrogens with zero attached hydrogens (tertiary/aromatic N) is 2. The quantitative estimate of drug-likeness (QED) is 0.310.